The molecule has 0 aliphatic heterocycles. The first-order chi connectivity index (χ1) is 11.2. The molecule has 23 heavy (non-hydrogen) atoms. The van der Waals surface area contributed by atoms with Gasteiger partial charge < -0.3 is 19.5 Å². The monoisotopic (exact) mass is 315 g/mol. The second kappa shape index (κ2) is 8.68. The van der Waals surface area contributed by atoms with E-state index in [-0.39, 0.29) is 12.3 Å². The number of carbonyl (C=O) groups is 1. The molecule has 122 valence electrons. The summed E-state index contributed by atoms with van der Waals surface area (Å²) in [6, 6.07) is 14.9. The van der Waals surface area contributed by atoms with Crippen LogP contribution in [0.5, 0.6) is 17.2 Å². The number of ether oxygens (including phenoxy) is 3. The summed E-state index contributed by atoms with van der Waals surface area (Å²) in [5.74, 6) is 1.99. The summed E-state index contributed by atoms with van der Waals surface area (Å²) in [6.45, 7) is 0.892. The smallest absolute Gasteiger partial charge is 0.224 e. The molecule has 2 aromatic rings. The molecular formula is C18H21NO4. The van der Waals surface area contributed by atoms with Crippen LogP contribution in [0.15, 0.2) is 48.5 Å². The van der Waals surface area contributed by atoms with E-state index in [1.54, 1.807) is 26.4 Å². The van der Waals surface area contributed by atoms with E-state index in [0.717, 1.165) is 11.3 Å². The Hall–Kier alpha value is -2.69. The highest BCUT2D eigenvalue weighted by molar-refractivity contribution is 5.78. The van der Waals surface area contributed by atoms with Crippen LogP contribution >= 0.6 is 0 Å². The summed E-state index contributed by atoms with van der Waals surface area (Å²) in [5.41, 5.74) is 0.865. The topological polar surface area (TPSA) is 56.8 Å². The number of nitrogens with one attached hydrogen (secondary N) is 1. The molecule has 5 heteroatoms. The SMILES string of the molecule is COc1ccc(CC(=O)NCCOc2ccccc2)cc1OC. The number of rotatable bonds is 8. The number of amides is 1. The van der Waals surface area contributed by atoms with Crippen LogP contribution in [-0.4, -0.2) is 33.3 Å². The third-order valence-corrected chi connectivity index (χ3v) is 3.25. The van der Waals surface area contributed by atoms with E-state index in [0.29, 0.717) is 24.7 Å². The summed E-state index contributed by atoms with van der Waals surface area (Å²) in [5, 5.41) is 2.83. The molecule has 2 aromatic carbocycles. The lowest BCUT2D eigenvalue weighted by molar-refractivity contribution is -0.120. The van der Waals surface area contributed by atoms with Crippen molar-refractivity contribution in [3.05, 3.63) is 54.1 Å². The molecule has 0 fully saturated rings. The van der Waals surface area contributed by atoms with Crippen LogP contribution in [0.3, 0.4) is 0 Å². The molecule has 1 amide bonds. The second-order valence-corrected chi connectivity index (χ2v) is 4.88. The highest BCUT2D eigenvalue weighted by Crippen LogP contribution is 2.27. The Labute approximate surface area is 136 Å². The molecule has 0 bridgehead atoms. The van der Waals surface area contributed by atoms with Crippen molar-refractivity contribution in [3.63, 3.8) is 0 Å². The molecule has 0 atom stereocenters. The molecule has 2 rings (SSSR count). The molecule has 0 radical (unpaired) electrons. The van der Waals surface area contributed by atoms with Gasteiger partial charge in [-0.25, -0.2) is 0 Å². The molecule has 0 aliphatic rings. The lowest BCUT2D eigenvalue weighted by Gasteiger charge is -2.10. The summed E-state index contributed by atoms with van der Waals surface area (Å²) in [6.07, 6.45) is 0.283. The molecule has 0 heterocycles. The zero-order chi connectivity index (χ0) is 16.5. The van der Waals surface area contributed by atoms with Gasteiger partial charge in [-0.05, 0) is 29.8 Å². The fraction of sp³-hybridized carbons (Fsp3) is 0.278. The predicted molar refractivity (Wildman–Crippen MR) is 88.2 cm³/mol. The van der Waals surface area contributed by atoms with Crippen LogP contribution in [0.1, 0.15) is 5.56 Å². The van der Waals surface area contributed by atoms with E-state index in [9.17, 15) is 4.79 Å². The Bertz CT molecular complexity index is 628. The quantitative estimate of drug-likeness (QED) is 0.760. The van der Waals surface area contributed by atoms with Gasteiger partial charge in [0.25, 0.3) is 0 Å². The van der Waals surface area contributed by atoms with Gasteiger partial charge in [0, 0.05) is 0 Å². The zero-order valence-electron chi connectivity index (χ0n) is 13.4. The van der Waals surface area contributed by atoms with Gasteiger partial charge >= 0.3 is 0 Å². The Morgan fingerprint density at radius 2 is 1.74 bits per heavy atom. The van der Waals surface area contributed by atoms with Crippen molar-refractivity contribution >= 4 is 5.91 Å². The second-order valence-electron chi connectivity index (χ2n) is 4.88. The molecule has 0 aromatic heterocycles. The molecule has 1 N–H and O–H groups in total. The number of hydrogen-bond acceptors (Lipinski definition) is 4. The molecule has 0 aliphatic carbocycles. The third kappa shape index (κ3) is 5.21. The van der Waals surface area contributed by atoms with Gasteiger partial charge in [0.15, 0.2) is 11.5 Å². The largest absolute Gasteiger partial charge is 0.493 e. The molecular weight excluding hydrogens is 294 g/mol. The zero-order valence-corrected chi connectivity index (χ0v) is 13.4. The fourth-order valence-electron chi connectivity index (χ4n) is 2.11. The standard InChI is InChI=1S/C18H21NO4/c1-21-16-9-8-14(12-17(16)22-2)13-18(20)19-10-11-23-15-6-4-3-5-7-15/h3-9,12H,10-11,13H2,1-2H3,(H,19,20). The van der Waals surface area contributed by atoms with Gasteiger partial charge in [0.05, 0.1) is 27.2 Å². The van der Waals surface area contributed by atoms with Crippen molar-refractivity contribution in [1.82, 2.24) is 5.32 Å². The van der Waals surface area contributed by atoms with Gasteiger partial charge in [-0.1, -0.05) is 24.3 Å². The Morgan fingerprint density at radius 1 is 1.00 bits per heavy atom. The Kier molecular flexibility index (Phi) is 6.29. The van der Waals surface area contributed by atoms with Gasteiger partial charge in [-0.15, -0.1) is 0 Å². The lowest BCUT2D eigenvalue weighted by atomic mass is 10.1. The van der Waals surface area contributed by atoms with Crippen molar-refractivity contribution in [2.24, 2.45) is 0 Å². The lowest BCUT2D eigenvalue weighted by Crippen LogP contribution is -2.29. The first-order valence-electron chi connectivity index (χ1n) is 7.38. The molecule has 5 nitrogen and oxygen atoms in total. The van der Waals surface area contributed by atoms with E-state index in [1.165, 1.54) is 0 Å². The van der Waals surface area contributed by atoms with Gasteiger partial charge in [0.1, 0.15) is 12.4 Å². The van der Waals surface area contributed by atoms with Crippen LogP contribution in [-0.2, 0) is 11.2 Å². The van der Waals surface area contributed by atoms with Crippen molar-refractivity contribution in [2.75, 3.05) is 27.4 Å². The Balaban J connectivity index is 1.76. The maximum absolute atomic E-state index is 11.9. The van der Waals surface area contributed by atoms with Crippen molar-refractivity contribution in [2.45, 2.75) is 6.42 Å². The highest BCUT2D eigenvalue weighted by atomic mass is 16.5. The summed E-state index contributed by atoms with van der Waals surface area (Å²) < 4.78 is 15.9. The van der Waals surface area contributed by atoms with Crippen LogP contribution in [0.4, 0.5) is 0 Å². The van der Waals surface area contributed by atoms with Crippen LogP contribution in [0.2, 0.25) is 0 Å². The number of hydrogen-bond donors (Lipinski definition) is 1. The summed E-state index contributed by atoms with van der Waals surface area (Å²) in [7, 11) is 3.15. The molecule has 0 spiro atoms. The minimum absolute atomic E-state index is 0.0612. The van der Waals surface area contributed by atoms with Crippen LogP contribution in [0.25, 0.3) is 0 Å². The third-order valence-electron chi connectivity index (χ3n) is 3.25. The predicted octanol–water partition coefficient (Wildman–Crippen LogP) is 2.44. The summed E-state index contributed by atoms with van der Waals surface area (Å²) in [4.78, 5) is 11.9. The van der Waals surface area contributed by atoms with Gasteiger partial charge in [-0.2, -0.15) is 0 Å². The average molecular weight is 315 g/mol. The fourth-order valence-corrected chi connectivity index (χ4v) is 2.11. The van der Waals surface area contributed by atoms with Gasteiger partial charge in [-0.3, -0.25) is 4.79 Å². The van der Waals surface area contributed by atoms with Crippen LogP contribution < -0.4 is 19.5 Å². The Morgan fingerprint density at radius 3 is 2.43 bits per heavy atom. The van der Waals surface area contributed by atoms with Gasteiger partial charge in [0.2, 0.25) is 5.91 Å². The van der Waals surface area contributed by atoms with E-state index in [1.807, 2.05) is 36.4 Å². The number of para-hydroxylation sites is 1. The van der Waals surface area contributed by atoms with Crippen LogP contribution in [0, 0.1) is 0 Å². The normalized spacial score (nSPS) is 10.0. The number of carbonyl (C=O) groups excluding carboxylic acids is 1. The maximum atomic E-state index is 11.9. The first kappa shape index (κ1) is 16.7. The van der Waals surface area contributed by atoms with E-state index >= 15 is 0 Å². The minimum Gasteiger partial charge on any atom is -0.493 e. The molecule has 0 saturated heterocycles. The average Bonchev–Trinajstić information content (AvgIpc) is 2.59. The molecule has 0 saturated carbocycles. The summed E-state index contributed by atoms with van der Waals surface area (Å²) >= 11 is 0. The number of benzene rings is 2. The molecule has 0 unspecified atom stereocenters. The van der Waals surface area contributed by atoms with E-state index in [2.05, 4.69) is 5.32 Å². The van der Waals surface area contributed by atoms with Crippen molar-refractivity contribution < 1.29 is 19.0 Å². The van der Waals surface area contributed by atoms with E-state index in [4.69, 9.17) is 14.2 Å². The highest BCUT2D eigenvalue weighted by Gasteiger charge is 2.08. The van der Waals surface area contributed by atoms with Crippen molar-refractivity contribution in [3.8, 4) is 17.2 Å². The number of methoxy groups -OCH3 is 2. The minimum atomic E-state index is -0.0612. The first-order valence-corrected chi connectivity index (χ1v) is 7.38. The van der Waals surface area contributed by atoms with E-state index < -0.39 is 0 Å². The maximum Gasteiger partial charge on any atom is 0.224 e. The van der Waals surface area contributed by atoms with Crippen molar-refractivity contribution in [1.29, 1.82) is 0 Å².